The summed E-state index contributed by atoms with van der Waals surface area (Å²) >= 11 is 0. The molecule has 0 aliphatic rings. The first-order valence-corrected chi connectivity index (χ1v) is 8.32. The maximum Gasteiger partial charge on any atom is 0.457 e. The lowest BCUT2D eigenvalue weighted by Gasteiger charge is -2.16. The number of carbonyl (C=O) groups is 2. The molecule has 2 aromatic carbocycles. The molecular formula is C19H20F4N2O4. The lowest BCUT2D eigenvalue weighted by atomic mass is 10.1. The van der Waals surface area contributed by atoms with E-state index < -0.39 is 30.3 Å². The Hall–Kier alpha value is -2.98. The van der Waals surface area contributed by atoms with Gasteiger partial charge in [-0.05, 0) is 36.1 Å². The van der Waals surface area contributed by atoms with E-state index in [1.165, 1.54) is 24.3 Å². The van der Waals surface area contributed by atoms with E-state index in [2.05, 4.69) is 0 Å². The first-order chi connectivity index (χ1) is 13.5. The third kappa shape index (κ3) is 10.2. The van der Waals surface area contributed by atoms with Gasteiger partial charge in [0.2, 0.25) is 0 Å². The summed E-state index contributed by atoms with van der Waals surface area (Å²) in [4.78, 5) is 21.0. The van der Waals surface area contributed by atoms with Crippen LogP contribution >= 0.6 is 0 Å². The van der Waals surface area contributed by atoms with Crippen LogP contribution in [0.5, 0.6) is 0 Å². The number of nitrogens with two attached hydrogens (primary N) is 1. The average molecular weight is 416 g/mol. The molecule has 0 aromatic heterocycles. The van der Waals surface area contributed by atoms with Gasteiger partial charge in [0, 0.05) is 0 Å². The topological polar surface area (TPSA) is 113 Å². The average Bonchev–Trinajstić information content (AvgIpc) is 2.63. The van der Waals surface area contributed by atoms with E-state index in [0.717, 1.165) is 10.9 Å². The highest BCUT2D eigenvalue weighted by atomic mass is 19.4. The van der Waals surface area contributed by atoms with E-state index in [4.69, 9.17) is 15.9 Å². The molecule has 5 N–H and O–H groups in total. The summed E-state index contributed by atoms with van der Waals surface area (Å²) in [6.45, 7) is 0. The fourth-order valence-electron chi connectivity index (χ4n) is 2.21. The van der Waals surface area contributed by atoms with Crippen molar-refractivity contribution in [2.75, 3.05) is 0 Å². The monoisotopic (exact) mass is 416 g/mol. The zero-order valence-corrected chi connectivity index (χ0v) is 15.1. The number of alkyl halides is 3. The number of aliphatic carboxylic acids is 2. The Morgan fingerprint density at radius 3 is 1.86 bits per heavy atom. The Morgan fingerprint density at radius 1 is 0.897 bits per heavy atom. The van der Waals surface area contributed by atoms with Gasteiger partial charge in [0.1, 0.15) is 17.9 Å². The van der Waals surface area contributed by atoms with Crippen LogP contribution in [0.1, 0.15) is 11.1 Å². The van der Waals surface area contributed by atoms with Crippen molar-refractivity contribution in [1.82, 2.24) is 5.32 Å². The zero-order valence-electron chi connectivity index (χ0n) is 15.1. The molecule has 0 heterocycles. The van der Waals surface area contributed by atoms with Crippen molar-refractivity contribution in [2.45, 2.75) is 31.2 Å². The highest BCUT2D eigenvalue weighted by Crippen LogP contribution is 2.13. The van der Waals surface area contributed by atoms with Gasteiger partial charge in [0.15, 0.2) is 0 Å². The largest absolute Gasteiger partial charge is 0.480 e. The fourth-order valence-corrected chi connectivity index (χ4v) is 2.21. The van der Waals surface area contributed by atoms with Crippen molar-refractivity contribution in [3.05, 3.63) is 71.5 Å². The van der Waals surface area contributed by atoms with Gasteiger partial charge in [0.25, 0.3) is 0 Å². The van der Waals surface area contributed by atoms with Gasteiger partial charge in [-0.25, -0.2) is 9.71 Å². The number of halogens is 4. The Kier molecular flexibility index (Phi) is 9.23. The van der Waals surface area contributed by atoms with Gasteiger partial charge in [0.05, 0.1) is 0 Å². The van der Waals surface area contributed by atoms with Crippen molar-refractivity contribution < 1.29 is 37.4 Å². The minimum absolute atomic E-state index is 0.213. The van der Waals surface area contributed by atoms with Gasteiger partial charge >= 0.3 is 18.2 Å². The molecule has 0 saturated carbocycles. The first kappa shape index (κ1) is 24.1. The molecule has 2 atom stereocenters. The van der Waals surface area contributed by atoms with E-state index in [0.29, 0.717) is 5.56 Å². The van der Waals surface area contributed by atoms with E-state index in [1.54, 1.807) is 30.3 Å². The summed E-state index contributed by atoms with van der Waals surface area (Å²) in [5, 5.41) is 18.2. The Morgan fingerprint density at radius 2 is 1.41 bits per heavy atom. The Bertz CT molecular complexity index is 783. The van der Waals surface area contributed by atoms with Crippen LogP contribution in [0.4, 0.5) is 17.6 Å². The molecule has 0 spiro atoms. The predicted octanol–water partition coefficient (Wildman–Crippen LogP) is 2.57. The number of hydrogen-bond acceptors (Lipinski definition) is 4. The van der Waals surface area contributed by atoms with E-state index in [1.807, 2.05) is 0 Å². The normalized spacial score (nSPS) is 13.0. The molecule has 2 aromatic rings. The molecule has 158 valence electrons. The highest BCUT2D eigenvalue weighted by molar-refractivity contribution is 5.74. The molecule has 0 amide bonds. The molecule has 0 aliphatic carbocycles. The van der Waals surface area contributed by atoms with Gasteiger partial charge in [-0.3, -0.25) is 9.59 Å². The number of carboxylic acid groups (broad SMARTS) is 2. The van der Waals surface area contributed by atoms with Crippen molar-refractivity contribution in [3.63, 3.8) is 0 Å². The van der Waals surface area contributed by atoms with Crippen molar-refractivity contribution in [3.8, 4) is 0 Å². The zero-order chi connectivity index (χ0) is 22.0. The number of hydrogen-bond donors (Lipinski definition) is 4. The second kappa shape index (κ2) is 11.1. The highest BCUT2D eigenvalue weighted by Gasteiger charge is 2.34. The maximum absolute atomic E-state index is 12.4. The standard InChI is InChI=1S/C10H10F3NO2.C9H10FNO2/c11-10(12,13)14-8(9(15)16)6-7-4-2-1-3-5-7;10-7-3-1-6(2-4-7)5-8(11)9(12)13/h1-5,8,14H,6H2,(H,15,16);1-4,8H,5,11H2,(H,12,13)/t2*8-/m11/s1. The van der Waals surface area contributed by atoms with Gasteiger partial charge in [-0.2, -0.15) is 13.2 Å². The molecule has 10 heteroatoms. The SMILES string of the molecule is N[C@H](Cc1ccc(F)cc1)C(=O)O.O=C(O)[C@@H](Cc1ccccc1)NC(F)(F)F. The van der Waals surface area contributed by atoms with Crippen LogP contribution in [-0.2, 0) is 22.4 Å². The Balaban J connectivity index is 0.000000296. The smallest absolute Gasteiger partial charge is 0.457 e. The minimum Gasteiger partial charge on any atom is -0.480 e. The fraction of sp³-hybridized carbons (Fsp3) is 0.263. The van der Waals surface area contributed by atoms with Crippen LogP contribution in [0.25, 0.3) is 0 Å². The third-order valence-corrected chi connectivity index (χ3v) is 3.60. The van der Waals surface area contributed by atoms with Gasteiger partial charge in [-0.15, -0.1) is 0 Å². The van der Waals surface area contributed by atoms with Crippen molar-refractivity contribution in [2.24, 2.45) is 5.73 Å². The number of rotatable bonds is 7. The van der Waals surface area contributed by atoms with Crippen LogP contribution in [-0.4, -0.2) is 40.5 Å². The number of carboxylic acids is 2. The summed E-state index contributed by atoms with van der Waals surface area (Å²) in [7, 11) is 0. The lowest BCUT2D eigenvalue weighted by Crippen LogP contribution is -2.46. The van der Waals surface area contributed by atoms with Crippen LogP contribution in [0.2, 0.25) is 0 Å². The first-order valence-electron chi connectivity index (χ1n) is 8.32. The molecule has 0 radical (unpaired) electrons. The van der Waals surface area contributed by atoms with E-state index in [9.17, 15) is 27.2 Å². The molecule has 0 aliphatic heterocycles. The van der Waals surface area contributed by atoms with E-state index in [-0.39, 0.29) is 18.7 Å². The molecule has 0 saturated heterocycles. The Labute approximate surface area is 164 Å². The quantitative estimate of drug-likeness (QED) is 0.408. The molecule has 2 rings (SSSR count). The summed E-state index contributed by atoms with van der Waals surface area (Å²) in [5.41, 5.74) is 6.55. The van der Waals surface area contributed by atoms with E-state index >= 15 is 0 Å². The van der Waals surface area contributed by atoms with Crippen LogP contribution < -0.4 is 11.1 Å². The summed E-state index contributed by atoms with van der Waals surface area (Å²) in [5.74, 6) is -2.92. The molecule has 0 bridgehead atoms. The number of nitrogens with one attached hydrogen (secondary N) is 1. The van der Waals surface area contributed by atoms with Gasteiger partial charge in [-0.1, -0.05) is 42.5 Å². The molecule has 6 nitrogen and oxygen atoms in total. The maximum atomic E-state index is 12.4. The second-order valence-corrected chi connectivity index (χ2v) is 6.00. The molecule has 0 unspecified atom stereocenters. The van der Waals surface area contributed by atoms with Crippen molar-refractivity contribution in [1.29, 1.82) is 0 Å². The minimum atomic E-state index is -4.70. The van der Waals surface area contributed by atoms with Crippen LogP contribution in [0, 0.1) is 5.82 Å². The number of benzene rings is 2. The predicted molar refractivity (Wildman–Crippen MR) is 96.5 cm³/mol. The molecule has 0 fully saturated rings. The summed E-state index contributed by atoms with van der Waals surface area (Å²) in [6, 6.07) is 11.2. The molecular weight excluding hydrogens is 396 g/mol. The molecule has 29 heavy (non-hydrogen) atoms. The summed E-state index contributed by atoms with van der Waals surface area (Å²) in [6.07, 6.45) is -4.69. The van der Waals surface area contributed by atoms with Crippen LogP contribution in [0.3, 0.4) is 0 Å². The lowest BCUT2D eigenvalue weighted by molar-refractivity contribution is -0.174. The summed E-state index contributed by atoms with van der Waals surface area (Å²) < 4.78 is 48.4. The second-order valence-electron chi connectivity index (χ2n) is 6.00. The van der Waals surface area contributed by atoms with Gasteiger partial charge < -0.3 is 15.9 Å². The third-order valence-electron chi connectivity index (χ3n) is 3.60. The van der Waals surface area contributed by atoms with Crippen molar-refractivity contribution >= 4 is 11.9 Å². The van der Waals surface area contributed by atoms with Crippen LogP contribution in [0.15, 0.2) is 54.6 Å².